The molecule has 0 atom stereocenters. The predicted octanol–water partition coefficient (Wildman–Crippen LogP) is 3.30. The van der Waals surface area contributed by atoms with Gasteiger partial charge in [-0.2, -0.15) is 0 Å². The van der Waals surface area contributed by atoms with Gasteiger partial charge in [-0.25, -0.2) is 0 Å². The third-order valence-electron chi connectivity index (χ3n) is 4.13. The topological polar surface area (TPSA) is 70.2 Å². The molecule has 1 aliphatic rings. The number of piperidine rings is 1. The van der Waals surface area contributed by atoms with Gasteiger partial charge in [0.25, 0.3) is 5.91 Å². The second-order valence-corrected chi connectivity index (χ2v) is 5.91. The minimum atomic E-state index is -0.169. The van der Waals surface area contributed by atoms with Crippen molar-refractivity contribution in [3.63, 3.8) is 0 Å². The molecule has 3 rings (SSSR count). The van der Waals surface area contributed by atoms with Gasteiger partial charge >= 0.3 is 0 Å². The first kappa shape index (κ1) is 19.0. The molecule has 0 aromatic heterocycles. The molecule has 2 aromatic carbocycles. The molecule has 2 aromatic rings. The molecular formula is C19H22ClN3O2. The third-order valence-corrected chi connectivity index (χ3v) is 4.13. The molecule has 1 aliphatic heterocycles. The first-order valence-electron chi connectivity index (χ1n) is 8.20. The van der Waals surface area contributed by atoms with Crippen molar-refractivity contribution in [1.29, 1.82) is 0 Å². The highest BCUT2D eigenvalue weighted by Crippen LogP contribution is 2.19. The zero-order valence-electron chi connectivity index (χ0n) is 13.8. The molecule has 25 heavy (non-hydrogen) atoms. The number of carbonyl (C=O) groups excluding carboxylic acids is 2. The van der Waals surface area contributed by atoms with Crippen molar-refractivity contribution in [2.75, 3.05) is 23.7 Å². The second-order valence-electron chi connectivity index (χ2n) is 5.91. The molecule has 132 valence electrons. The van der Waals surface area contributed by atoms with Crippen molar-refractivity contribution in [1.82, 2.24) is 5.32 Å². The van der Waals surface area contributed by atoms with Crippen LogP contribution >= 0.6 is 12.4 Å². The maximum atomic E-state index is 12.3. The second kappa shape index (κ2) is 9.20. The van der Waals surface area contributed by atoms with Crippen LogP contribution in [0.1, 0.15) is 23.2 Å². The van der Waals surface area contributed by atoms with Crippen molar-refractivity contribution in [3.8, 4) is 0 Å². The summed E-state index contributed by atoms with van der Waals surface area (Å²) in [5, 5.41) is 9.05. The van der Waals surface area contributed by atoms with Gasteiger partial charge in [-0.3, -0.25) is 9.59 Å². The van der Waals surface area contributed by atoms with Crippen molar-refractivity contribution >= 4 is 35.6 Å². The summed E-state index contributed by atoms with van der Waals surface area (Å²) in [6.45, 7) is 1.76. The summed E-state index contributed by atoms with van der Waals surface area (Å²) in [6.07, 6.45) is 1.71. The molecule has 5 nitrogen and oxygen atoms in total. The van der Waals surface area contributed by atoms with Crippen LogP contribution in [0.3, 0.4) is 0 Å². The smallest absolute Gasteiger partial charge is 0.255 e. The van der Waals surface area contributed by atoms with Crippen LogP contribution in [0.2, 0.25) is 0 Å². The zero-order valence-corrected chi connectivity index (χ0v) is 14.6. The Bertz CT molecular complexity index is 716. The van der Waals surface area contributed by atoms with Crippen LogP contribution in [-0.4, -0.2) is 24.9 Å². The summed E-state index contributed by atoms with van der Waals surface area (Å²) < 4.78 is 0. The SMILES string of the molecule is Cl.O=C(Nc1cccc(NC(=O)C2CCNCC2)c1)c1ccccc1. The fraction of sp³-hybridized carbons (Fsp3) is 0.263. The maximum Gasteiger partial charge on any atom is 0.255 e. The molecule has 0 saturated carbocycles. The Morgan fingerprint density at radius 1 is 0.880 bits per heavy atom. The minimum absolute atomic E-state index is 0. The fourth-order valence-electron chi connectivity index (χ4n) is 2.80. The third kappa shape index (κ3) is 5.31. The van der Waals surface area contributed by atoms with E-state index in [0.717, 1.165) is 25.9 Å². The first-order chi connectivity index (χ1) is 11.7. The Hall–Kier alpha value is -2.37. The highest BCUT2D eigenvalue weighted by molar-refractivity contribution is 6.04. The van der Waals surface area contributed by atoms with E-state index in [0.29, 0.717) is 16.9 Å². The quantitative estimate of drug-likeness (QED) is 0.784. The van der Waals surface area contributed by atoms with Crippen LogP contribution in [0.15, 0.2) is 54.6 Å². The zero-order chi connectivity index (χ0) is 16.8. The summed E-state index contributed by atoms with van der Waals surface area (Å²) in [7, 11) is 0. The van der Waals surface area contributed by atoms with Gasteiger partial charge in [-0.1, -0.05) is 24.3 Å². The lowest BCUT2D eigenvalue weighted by Crippen LogP contribution is -2.34. The average molecular weight is 360 g/mol. The van der Waals surface area contributed by atoms with Gasteiger partial charge in [0, 0.05) is 22.9 Å². The van der Waals surface area contributed by atoms with Crippen LogP contribution in [0, 0.1) is 5.92 Å². The van der Waals surface area contributed by atoms with Crippen LogP contribution in [0.4, 0.5) is 11.4 Å². The summed E-state index contributed by atoms with van der Waals surface area (Å²) in [5.41, 5.74) is 1.96. The van der Waals surface area contributed by atoms with Gasteiger partial charge in [-0.05, 0) is 56.3 Å². The Balaban J connectivity index is 0.00000225. The van der Waals surface area contributed by atoms with Crippen LogP contribution in [-0.2, 0) is 4.79 Å². The summed E-state index contributed by atoms with van der Waals surface area (Å²) in [6, 6.07) is 16.3. The number of anilines is 2. The lowest BCUT2D eigenvalue weighted by Gasteiger charge is -2.21. The van der Waals surface area contributed by atoms with Gasteiger partial charge < -0.3 is 16.0 Å². The van der Waals surface area contributed by atoms with E-state index in [-0.39, 0.29) is 30.1 Å². The number of nitrogens with one attached hydrogen (secondary N) is 3. The molecule has 0 unspecified atom stereocenters. The summed E-state index contributed by atoms with van der Waals surface area (Å²) >= 11 is 0. The number of halogens is 1. The lowest BCUT2D eigenvalue weighted by atomic mass is 9.97. The average Bonchev–Trinajstić information content (AvgIpc) is 2.63. The highest BCUT2D eigenvalue weighted by Gasteiger charge is 2.20. The van der Waals surface area contributed by atoms with E-state index in [2.05, 4.69) is 16.0 Å². The lowest BCUT2D eigenvalue weighted by molar-refractivity contribution is -0.120. The Kier molecular flexibility index (Phi) is 6.98. The first-order valence-corrected chi connectivity index (χ1v) is 8.20. The van der Waals surface area contributed by atoms with Gasteiger partial charge in [0.2, 0.25) is 5.91 Å². The Morgan fingerprint density at radius 2 is 1.52 bits per heavy atom. The Morgan fingerprint density at radius 3 is 2.20 bits per heavy atom. The van der Waals surface area contributed by atoms with Crippen molar-refractivity contribution < 1.29 is 9.59 Å². The molecular weight excluding hydrogens is 338 g/mol. The number of hydrogen-bond donors (Lipinski definition) is 3. The van der Waals surface area contributed by atoms with Crippen LogP contribution in [0.25, 0.3) is 0 Å². The number of benzene rings is 2. The van der Waals surface area contributed by atoms with Gasteiger partial charge in [0.15, 0.2) is 0 Å². The van der Waals surface area contributed by atoms with E-state index in [9.17, 15) is 9.59 Å². The van der Waals surface area contributed by atoms with E-state index in [1.54, 1.807) is 24.3 Å². The minimum Gasteiger partial charge on any atom is -0.326 e. The molecule has 0 radical (unpaired) electrons. The molecule has 1 saturated heterocycles. The molecule has 2 amide bonds. The molecule has 6 heteroatoms. The monoisotopic (exact) mass is 359 g/mol. The van der Waals surface area contributed by atoms with E-state index in [1.165, 1.54) is 0 Å². The van der Waals surface area contributed by atoms with Crippen molar-refractivity contribution in [2.45, 2.75) is 12.8 Å². The van der Waals surface area contributed by atoms with E-state index in [4.69, 9.17) is 0 Å². The number of amides is 2. The maximum absolute atomic E-state index is 12.3. The molecule has 3 N–H and O–H groups in total. The Labute approximate surface area is 153 Å². The number of carbonyl (C=O) groups is 2. The summed E-state index contributed by atoms with van der Waals surface area (Å²) in [4.78, 5) is 24.5. The van der Waals surface area contributed by atoms with E-state index >= 15 is 0 Å². The predicted molar refractivity (Wildman–Crippen MR) is 102 cm³/mol. The van der Waals surface area contributed by atoms with Gasteiger partial charge in [-0.15, -0.1) is 12.4 Å². The molecule has 1 heterocycles. The summed E-state index contributed by atoms with van der Waals surface area (Å²) in [5.74, 6) is -0.0747. The largest absolute Gasteiger partial charge is 0.326 e. The fourth-order valence-corrected chi connectivity index (χ4v) is 2.80. The van der Waals surface area contributed by atoms with Gasteiger partial charge in [0.05, 0.1) is 0 Å². The van der Waals surface area contributed by atoms with Gasteiger partial charge in [0.1, 0.15) is 0 Å². The van der Waals surface area contributed by atoms with E-state index < -0.39 is 0 Å². The normalized spacial score (nSPS) is 14.2. The van der Waals surface area contributed by atoms with Crippen LogP contribution < -0.4 is 16.0 Å². The standard InChI is InChI=1S/C19H21N3O2.ClH/c23-18(14-5-2-1-3-6-14)21-16-7-4-8-17(13-16)22-19(24)15-9-11-20-12-10-15;/h1-8,13,15,20H,9-12H2,(H,21,23)(H,22,24);1H. The van der Waals surface area contributed by atoms with Crippen molar-refractivity contribution in [2.24, 2.45) is 5.92 Å². The number of rotatable bonds is 4. The highest BCUT2D eigenvalue weighted by atomic mass is 35.5. The van der Waals surface area contributed by atoms with Crippen LogP contribution in [0.5, 0.6) is 0 Å². The number of hydrogen-bond acceptors (Lipinski definition) is 3. The van der Waals surface area contributed by atoms with Crippen molar-refractivity contribution in [3.05, 3.63) is 60.2 Å². The van der Waals surface area contributed by atoms with E-state index in [1.807, 2.05) is 30.3 Å². The molecule has 0 aliphatic carbocycles. The molecule has 1 fully saturated rings. The molecule has 0 bridgehead atoms. The molecule has 0 spiro atoms.